The zero-order valence-electron chi connectivity index (χ0n) is 14.8. The summed E-state index contributed by atoms with van der Waals surface area (Å²) in [7, 11) is 3.99. The predicted octanol–water partition coefficient (Wildman–Crippen LogP) is 2.13. The molecule has 1 aromatic heterocycles. The van der Waals surface area contributed by atoms with Crippen molar-refractivity contribution in [3.05, 3.63) is 23.0 Å². The van der Waals surface area contributed by atoms with Gasteiger partial charge in [-0.15, -0.1) is 0 Å². The molecule has 1 saturated carbocycles. The van der Waals surface area contributed by atoms with Gasteiger partial charge in [0.1, 0.15) is 0 Å². The second-order valence-electron chi connectivity index (χ2n) is 6.30. The molecule has 0 bridgehead atoms. The molecule has 7 heteroatoms. The summed E-state index contributed by atoms with van der Waals surface area (Å²) in [4.78, 5) is 18.4. The summed E-state index contributed by atoms with van der Waals surface area (Å²) in [6.07, 6.45) is 5.45. The van der Waals surface area contributed by atoms with Gasteiger partial charge in [-0.25, -0.2) is 0 Å². The third kappa shape index (κ3) is 6.07. The number of amides is 1. The fraction of sp³-hybridized carbons (Fsp3) is 0.647. The lowest BCUT2D eigenvalue weighted by atomic mass is 10.3. The minimum Gasteiger partial charge on any atom is -0.357 e. The van der Waals surface area contributed by atoms with Gasteiger partial charge < -0.3 is 20.1 Å². The molecular formula is C17H28ClN5O. The van der Waals surface area contributed by atoms with E-state index >= 15 is 0 Å². The highest BCUT2D eigenvalue weighted by Crippen LogP contribution is 2.18. The monoisotopic (exact) mass is 353 g/mol. The third-order valence-electron chi connectivity index (χ3n) is 3.94. The number of aromatic nitrogens is 1. The first-order chi connectivity index (χ1) is 11.5. The van der Waals surface area contributed by atoms with Crippen molar-refractivity contribution in [2.75, 3.05) is 20.1 Å². The molecule has 1 aromatic rings. The van der Waals surface area contributed by atoms with Gasteiger partial charge in [0.15, 0.2) is 5.96 Å². The van der Waals surface area contributed by atoms with Gasteiger partial charge in [0.25, 0.3) is 0 Å². The maximum atomic E-state index is 11.7. The Balaban J connectivity index is 1.81. The fourth-order valence-corrected chi connectivity index (χ4v) is 2.74. The number of aryl methyl sites for hydroxylation is 1. The van der Waals surface area contributed by atoms with Crippen molar-refractivity contribution in [2.24, 2.45) is 12.0 Å². The van der Waals surface area contributed by atoms with Crippen molar-refractivity contribution in [2.45, 2.75) is 45.2 Å². The fourth-order valence-electron chi connectivity index (χ4n) is 2.46. The van der Waals surface area contributed by atoms with Crippen LogP contribution in [0.15, 0.2) is 17.3 Å². The number of hydrogen-bond acceptors (Lipinski definition) is 2. The third-order valence-corrected chi connectivity index (χ3v) is 4.14. The summed E-state index contributed by atoms with van der Waals surface area (Å²) in [6, 6.07) is 2.39. The summed E-state index contributed by atoms with van der Waals surface area (Å²) in [6.45, 7) is 4.21. The van der Waals surface area contributed by atoms with Gasteiger partial charge in [-0.3, -0.25) is 9.79 Å². The molecule has 24 heavy (non-hydrogen) atoms. The number of nitrogens with one attached hydrogen (secondary N) is 2. The van der Waals surface area contributed by atoms with Crippen molar-refractivity contribution in [3.63, 3.8) is 0 Å². The Bertz CT molecular complexity index is 580. The van der Waals surface area contributed by atoms with Crippen LogP contribution in [0.5, 0.6) is 0 Å². The first kappa shape index (κ1) is 18.6. The first-order valence-corrected chi connectivity index (χ1v) is 8.97. The van der Waals surface area contributed by atoms with Crippen LogP contribution in [0.25, 0.3) is 0 Å². The van der Waals surface area contributed by atoms with Crippen molar-refractivity contribution in [1.82, 2.24) is 20.1 Å². The predicted molar refractivity (Wildman–Crippen MR) is 98.3 cm³/mol. The zero-order chi connectivity index (χ0) is 17.5. The smallest absolute Gasteiger partial charge is 0.220 e. The average Bonchev–Trinajstić information content (AvgIpc) is 3.27. The molecule has 0 aliphatic heterocycles. The molecule has 6 nitrogen and oxygen atoms in total. The summed E-state index contributed by atoms with van der Waals surface area (Å²) in [5.74, 6) is 0.988. The molecule has 0 radical (unpaired) electrons. The Labute approximate surface area is 149 Å². The van der Waals surface area contributed by atoms with Crippen LogP contribution in [-0.2, 0) is 18.4 Å². The SMILES string of the molecule is CCNC(=NCCCC(=O)NC1CC1)N(C)Cc1cc(Cl)cn1C. The van der Waals surface area contributed by atoms with Gasteiger partial charge in [-0.05, 0) is 32.3 Å². The molecule has 0 spiro atoms. The molecule has 2 rings (SSSR count). The van der Waals surface area contributed by atoms with Crippen LogP contribution in [0, 0.1) is 0 Å². The number of hydrogen-bond donors (Lipinski definition) is 2. The van der Waals surface area contributed by atoms with E-state index in [0.29, 0.717) is 19.0 Å². The van der Waals surface area contributed by atoms with E-state index in [0.717, 1.165) is 49.0 Å². The minimum absolute atomic E-state index is 0.143. The Morgan fingerprint density at radius 3 is 2.83 bits per heavy atom. The lowest BCUT2D eigenvalue weighted by Crippen LogP contribution is -2.39. The van der Waals surface area contributed by atoms with E-state index in [4.69, 9.17) is 11.6 Å². The van der Waals surface area contributed by atoms with Crippen molar-refractivity contribution in [1.29, 1.82) is 0 Å². The van der Waals surface area contributed by atoms with Crippen LogP contribution < -0.4 is 10.6 Å². The Kier molecular flexibility index (Phi) is 6.97. The van der Waals surface area contributed by atoms with Crippen LogP contribution in [0.2, 0.25) is 5.02 Å². The molecule has 0 aromatic carbocycles. The van der Waals surface area contributed by atoms with E-state index in [1.54, 1.807) is 0 Å². The minimum atomic E-state index is 0.143. The maximum Gasteiger partial charge on any atom is 0.220 e. The molecular weight excluding hydrogens is 326 g/mol. The number of carbonyl (C=O) groups is 1. The van der Waals surface area contributed by atoms with Gasteiger partial charge in [-0.2, -0.15) is 0 Å². The number of halogens is 1. The van der Waals surface area contributed by atoms with E-state index in [9.17, 15) is 4.79 Å². The average molecular weight is 354 g/mol. The molecule has 1 amide bonds. The molecule has 0 atom stereocenters. The van der Waals surface area contributed by atoms with E-state index in [1.165, 1.54) is 0 Å². The Morgan fingerprint density at radius 1 is 1.50 bits per heavy atom. The topological polar surface area (TPSA) is 61.7 Å². The Morgan fingerprint density at radius 2 is 2.25 bits per heavy atom. The molecule has 1 aliphatic carbocycles. The van der Waals surface area contributed by atoms with Crippen LogP contribution in [0.4, 0.5) is 0 Å². The summed E-state index contributed by atoms with van der Waals surface area (Å²) in [5.41, 5.74) is 1.12. The number of carbonyl (C=O) groups excluding carboxylic acids is 1. The number of aliphatic imine (C=N–C) groups is 1. The highest BCUT2D eigenvalue weighted by Gasteiger charge is 2.22. The molecule has 134 valence electrons. The number of nitrogens with zero attached hydrogens (tertiary/aromatic N) is 3. The molecule has 0 unspecified atom stereocenters. The number of guanidine groups is 1. The molecule has 1 aliphatic rings. The normalized spacial score (nSPS) is 14.6. The molecule has 0 saturated heterocycles. The molecule has 2 N–H and O–H groups in total. The van der Waals surface area contributed by atoms with Crippen molar-refractivity contribution in [3.8, 4) is 0 Å². The van der Waals surface area contributed by atoms with Crippen LogP contribution in [0.3, 0.4) is 0 Å². The largest absolute Gasteiger partial charge is 0.357 e. The first-order valence-electron chi connectivity index (χ1n) is 8.59. The molecule has 1 fully saturated rings. The van der Waals surface area contributed by atoms with Crippen LogP contribution in [-0.4, -0.2) is 47.5 Å². The van der Waals surface area contributed by atoms with Gasteiger partial charge in [0.05, 0.1) is 11.6 Å². The van der Waals surface area contributed by atoms with Gasteiger partial charge in [0.2, 0.25) is 5.91 Å². The maximum absolute atomic E-state index is 11.7. The van der Waals surface area contributed by atoms with Gasteiger partial charge in [0, 0.05) is 51.5 Å². The lowest BCUT2D eigenvalue weighted by Gasteiger charge is -2.22. The highest BCUT2D eigenvalue weighted by molar-refractivity contribution is 6.30. The Hall–Kier alpha value is -1.69. The second-order valence-corrected chi connectivity index (χ2v) is 6.73. The second kappa shape index (κ2) is 8.97. The van der Waals surface area contributed by atoms with Crippen molar-refractivity contribution >= 4 is 23.5 Å². The van der Waals surface area contributed by atoms with E-state index < -0.39 is 0 Å². The standard InChI is InChI=1S/C17H28ClN5O/c1-4-19-17(20-9-5-6-16(24)21-14-7-8-14)23(3)12-15-10-13(18)11-22(15)2/h10-11,14H,4-9,12H2,1-3H3,(H,19,20)(H,21,24). The molecule has 1 heterocycles. The highest BCUT2D eigenvalue weighted by atomic mass is 35.5. The zero-order valence-corrected chi connectivity index (χ0v) is 15.6. The quantitative estimate of drug-likeness (QED) is 0.427. The van der Waals surface area contributed by atoms with Gasteiger partial charge >= 0.3 is 0 Å². The van der Waals surface area contributed by atoms with Crippen LogP contribution in [0.1, 0.15) is 38.3 Å². The summed E-state index contributed by atoms with van der Waals surface area (Å²) in [5, 5.41) is 7.04. The van der Waals surface area contributed by atoms with Crippen molar-refractivity contribution < 1.29 is 4.79 Å². The summed E-state index contributed by atoms with van der Waals surface area (Å²) < 4.78 is 2.02. The van der Waals surface area contributed by atoms with Gasteiger partial charge in [-0.1, -0.05) is 11.6 Å². The van der Waals surface area contributed by atoms with E-state index in [2.05, 4.69) is 20.5 Å². The number of rotatable bonds is 8. The van der Waals surface area contributed by atoms with E-state index in [-0.39, 0.29) is 5.91 Å². The van der Waals surface area contributed by atoms with Crippen LogP contribution >= 0.6 is 11.6 Å². The van der Waals surface area contributed by atoms with E-state index in [1.807, 2.05) is 37.8 Å². The lowest BCUT2D eigenvalue weighted by molar-refractivity contribution is -0.121. The summed E-state index contributed by atoms with van der Waals surface area (Å²) >= 11 is 6.04.